The van der Waals surface area contributed by atoms with Crippen LogP contribution in [0.1, 0.15) is 41.5 Å². The van der Waals surface area contributed by atoms with Gasteiger partial charge in [-0.3, -0.25) is 4.79 Å². The molecule has 0 spiro atoms. The number of carbonyl (C=O) groups is 1. The number of sulfonamides is 1. The number of fused-ring (bicyclic) bond motifs is 1. The molecule has 3 aromatic rings. The number of imidazole rings is 1. The van der Waals surface area contributed by atoms with E-state index in [1.165, 1.54) is 9.21 Å². The smallest absolute Gasteiger partial charge is 0.253 e. The second kappa shape index (κ2) is 8.20. The fraction of sp³-hybridized carbons (Fsp3) is 0.364. The van der Waals surface area contributed by atoms with Gasteiger partial charge in [-0.25, -0.2) is 13.4 Å². The number of hydrogen-bond donors (Lipinski definition) is 0. The predicted molar refractivity (Wildman–Crippen MR) is 118 cm³/mol. The lowest BCUT2D eigenvalue weighted by Crippen LogP contribution is -2.27. The zero-order valence-electron chi connectivity index (χ0n) is 18.2. The van der Waals surface area contributed by atoms with Crippen LogP contribution in [0.25, 0.3) is 11.0 Å². The molecule has 2 aromatic carbocycles. The van der Waals surface area contributed by atoms with Crippen LogP contribution in [0.3, 0.4) is 0 Å². The quantitative estimate of drug-likeness (QED) is 0.604. The number of rotatable bonds is 6. The number of benzene rings is 2. The molecule has 0 unspecified atom stereocenters. The molecule has 7 nitrogen and oxygen atoms in total. The Morgan fingerprint density at radius 1 is 1.07 bits per heavy atom. The van der Waals surface area contributed by atoms with E-state index in [1.807, 2.05) is 29.8 Å². The summed E-state index contributed by atoms with van der Waals surface area (Å²) in [4.78, 5) is 18.6. The SMILES string of the molecule is CC(C)c1ccc(S(=O)(=O)N(C)Cc2nc3cc(C(=O)N(C)C)ccc3n2C)cc1. The molecule has 1 aromatic heterocycles. The van der Waals surface area contributed by atoms with E-state index >= 15 is 0 Å². The van der Waals surface area contributed by atoms with Gasteiger partial charge in [0, 0.05) is 33.8 Å². The van der Waals surface area contributed by atoms with Crippen LogP contribution in [0.2, 0.25) is 0 Å². The van der Waals surface area contributed by atoms with Gasteiger partial charge in [0.2, 0.25) is 10.0 Å². The summed E-state index contributed by atoms with van der Waals surface area (Å²) in [7, 11) is 3.14. The van der Waals surface area contributed by atoms with Crippen molar-refractivity contribution in [2.45, 2.75) is 31.2 Å². The van der Waals surface area contributed by atoms with Crippen molar-refractivity contribution in [2.75, 3.05) is 21.1 Å². The Bertz CT molecular complexity index is 1180. The molecule has 0 aliphatic carbocycles. The maximum Gasteiger partial charge on any atom is 0.253 e. The van der Waals surface area contributed by atoms with Crippen LogP contribution in [0, 0.1) is 0 Å². The predicted octanol–water partition coefficient (Wildman–Crippen LogP) is 3.22. The highest BCUT2D eigenvalue weighted by atomic mass is 32.2. The van der Waals surface area contributed by atoms with Crippen molar-refractivity contribution in [2.24, 2.45) is 7.05 Å². The van der Waals surface area contributed by atoms with Gasteiger partial charge in [0.1, 0.15) is 5.82 Å². The van der Waals surface area contributed by atoms with Crippen LogP contribution in [0.5, 0.6) is 0 Å². The molecule has 0 fully saturated rings. The molecule has 160 valence electrons. The minimum Gasteiger partial charge on any atom is -0.345 e. The number of aromatic nitrogens is 2. The zero-order valence-corrected chi connectivity index (χ0v) is 19.1. The van der Waals surface area contributed by atoms with Gasteiger partial charge in [0.25, 0.3) is 5.91 Å². The zero-order chi connectivity index (χ0) is 22.2. The third-order valence-electron chi connectivity index (χ3n) is 5.25. The Balaban J connectivity index is 1.89. The van der Waals surface area contributed by atoms with E-state index in [-0.39, 0.29) is 17.3 Å². The molecular weight excluding hydrogens is 400 g/mol. The summed E-state index contributed by atoms with van der Waals surface area (Å²) in [5, 5.41) is 0. The molecule has 8 heteroatoms. The second-order valence-corrected chi connectivity index (χ2v) is 10.0. The first-order valence-corrected chi connectivity index (χ1v) is 11.2. The van der Waals surface area contributed by atoms with Gasteiger partial charge >= 0.3 is 0 Å². The molecule has 0 bridgehead atoms. The van der Waals surface area contributed by atoms with Crippen molar-refractivity contribution < 1.29 is 13.2 Å². The van der Waals surface area contributed by atoms with Gasteiger partial charge in [-0.05, 0) is 41.8 Å². The molecule has 0 aliphatic rings. The lowest BCUT2D eigenvalue weighted by Gasteiger charge is -2.17. The van der Waals surface area contributed by atoms with E-state index in [0.717, 1.165) is 11.1 Å². The molecule has 3 rings (SSSR count). The first kappa shape index (κ1) is 22.0. The van der Waals surface area contributed by atoms with Crippen molar-refractivity contribution in [3.05, 3.63) is 59.4 Å². The van der Waals surface area contributed by atoms with Crippen LogP contribution < -0.4 is 0 Å². The summed E-state index contributed by atoms with van der Waals surface area (Å²) >= 11 is 0. The van der Waals surface area contributed by atoms with Crippen molar-refractivity contribution in [3.8, 4) is 0 Å². The normalized spacial score (nSPS) is 12.1. The van der Waals surface area contributed by atoms with Gasteiger partial charge in [-0.1, -0.05) is 26.0 Å². The average molecular weight is 429 g/mol. The topological polar surface area (TPSA) is 75.5 Å². The standard InChI is InChI=1S/C22H28N4O3S/c1-15(2)16-7-10-18(11-8-16)30(28,29)25(5)14-21-23-19-13-17(22(27)24(3)4)9-12-20(19)26(21)6/h7-13,15H,14H2,1-6H3. The summed E-state index contributed by atoms with van der Waals surface area (Å²) in [5.74, 6) is 0.835. The molecule has 1 heterocycles. The first-order chi connectivity index (χ1) is 14.0. The van der Waals surface area contributed by atoms with Crippen LogP contribution in [0.15, 0.2) is 47.4 Å². The Hall–Kier alpha value is -2.71. The Morgan fingerprint density at radius 3 is 2.27 bits per heavy atom. The van der Waals surface area contributed by atoms with E-state index in [4.69, 9.17) is 0 Å². The van der Waals surface area contributed by atoms with Gasteiger partial charge < -0.3 is 9.47 Å². The van der Waals surface area contributed by atoms with Gasteiger partial charge in [-0.2, -0.15) is 4.31 Å². The lowest BCUT2D eigenvalue weighted by atomic mass is 10.0. The van der Waals surface area contributed by atoms with E-state index in [9.17, 15) is 13.2 Å². The van der Waals surface area contributed by atoms with E-state index in [0.29, 0.717) is 22.8 Å². The summed E-state index contributed by atoms with van der Waals surface area (Å²) in [6, 6.07) is 12.3. The number of amides is 1. The van der Waals surface area contributed by atoms with Crippen LogP contribution in [-0.4, -0.2) is 54.2 Å². The van der Waals surface area contributed by atoms with Crippen molar-refractivity contribution >= 4 is 27.0 Å². The maximum absolute atomic E-state index is 13.0. The Kier molecular flexibility index (Phi) is 6.01. The Morgan fingerprint density at radius 2 is 1.70 bits per heavy atom. The number of nitrogens with zero attached hydrogens (tertiary/aromatic N) is 4. The molecule has 0 N–H and O–H groups in total. The summed E-state index contributed by atoms with van der Waals surface area (Å²) in [6.07, 6.45) is 0. The highest BCUT2D eigenvalue weighted by Gasteiger charge is 2.23. The third-order valence-corrected chi connectivity index (χ3v) is 7.06. The highest BCUT2D eigenvalue weighted by Crippen LogP contribution is 2.22. The van der Waals surface area contributed by atoms with Gasteiger partial charge in [0.15, 0.2) is 0 Å². The lowest BCUT2D eigenvalue weighted by molar-refractivity contribution is 0.0827. The monoisotopic (exact) mass is 428 g/mol. The van der Waals surface area contributed by atoms with Crippen molar-refractivity contribution in [1.29, 1.82) is 0 Å². The average Bonchev–Trinajstić information content (AvgIpc) is 3.02. The largest absolute Gasteiger partial charge is 0.345 e. The van der Waals surface area contributed by atoms with Gasteiger partial charge in [0.05, 0.1) is 22.5 Å². The molecule has 0 aliphatic heterocycles. The van der Waals surface area contributed by atoms with E-state index in [1.54, 1.807) is 45.4 Å². The second-order valence-electron chi connectivity index (χ2n) is 7.97. The molecule has 1 amide bonds. The van der Waals surface area contributed by atoms with Gasteiger partial charge in [-0.15, -0.1) is 0 Å². The van der Waals surface area contributed by atoms with E-state index < -0.39 is 10.0 Å². The minimum atomic E-state index is -3.65. The van der Waals surface area contributed by atoms with Crippen LogP contribution in [0.4, 0.5) is 0 Å². The molecule has 0 radical (unpaired) electrons. The maximum atomic E-state index is 13.0. The molecule has 0 saturated carbocycles. The van der Waals surface area contributed by atoms with Crippen molar-refractivity contribution in [3.63, 3.8) is 0 Å². The minimum absolute atomic E-state index is 0.103. The first-order valence-electron chi connectivity index (χ1n) is 9.75. The number of hydrogen-bond acceptors (Lipinski definition) is 4. The molecular formula is C22H28N4O3S. The highest BCUT2D eigenvalue weighted by molar-refractivity contribution is 7.89. The van der Waals surface area contributed by atoms with Crippen LogP contribution in [-0.2, 0) is 23.6 Å². The van der Waals surface area contributed by atoms with E-state index in [2.05, 4.69) is 18.8 Å². The Labute approximate surface area is 178 Å². The molecule has 0 atom stereocenters. The summed E-state index contributed by atoms with van der Waals surface area (Å²) < 4.78 is 29.2. The molecule has 30 heavy (non-hydrogen) atoms. The van der Waals surface area contributed by atoms with Crippen LogP contribution >= 0.6 is 0 Å². The molecule has 0 saturated heterocycles. The number of aryl methyl sites for hydroxylation is 1. The summed E-state index contributed by atoms with van der Waals surface area (Å²) in [6.45, 7) is 4.26. The fourth-order valence-corrected chi connectivity index (χ4v) is 4.40. The third kappa shape index (κ3) is 4.11. The van der Waals surface area contributed by atoms with Crippen molar-refractivity contribution in [1.82, 2.24) is 18.8 Å². The fourth-order valence-electron chi connectivity index (χ4n) is 3.27. The number of carbonyl (C=O) groups excluding carboxylic acids is 1. The summed E-state index contributed by atoms with van der Waals surface area (Å²) in [5.41, 5.74) is 3.14.